The van der Waals surface area contributed by atoms with E-state index >= 15 is 0 Å². The molecule has 0 aromatic carbocycles. The second kappa shape index (κ2) is 12.6. The lowest BCUT2D eigenvalue weighted by Crippen LogP contribution is -2.44. The largest absolute Gasteiger partial charge is 0.392 e. The minimum Gasteiger partial charge on any atom is -0.392 e. The lowest BCUT2D eigenvalue weighted by molar-refractivity contribution is -0.138. The molecule has 5 unspecified atom stereocenters. The van der Waals surface area contributed by atoms with Gasteiger partial charge in [-0.05, 0) is 64.0 Å². The normalized spacial score (nSPS) is 31.2. The number of rotatable bonds is 2. The Bertz CT molecular complexity index is 1000. The molecule has 2 rings (SSSR count). The number of amides is 1. The molecule has 1 aliphatic rings. The molecule has 35 heavy (non-hydrogen) atoms. The summed E-state index contributed by atoms with van der Waals surface area (Å²) in [7, 11) is 0. The fraction of sp³-hybridized carbons (Fsp3) is 0.643. The fourth-order valence-electron chi connectivity index (χ4n) is 4.74. The highest BCUT2D eigenvalue weighted by Crippen LogP contribution is 2.35. The molecule has 6 nitrogen and oxygen atoms in total. The van der Waals surface area contributed by atoms with Crippen molar-refractivity contribution in [3.8, 4) is 6.07 Å². The van der Waals surface area contributed by atoms with E-state index in [1.54, 1.807) is 32.1 Å². The maximum atomic E-state index is 13.4. The average Bonchev–Trinajstić information content (AvgIpc) is 3.21. The van der Waals surface area contributed by atoms with Crippen molar-refractivity contribution in [2.24, 2.45) is 23.2 Å². The molecule has 0 aliphatic carbocycles. The number of thiazole rings is 1. The molecule has 192 valence electrons. The number of carbonyl (C=O) groups excluding carboxylic acids is 2. The van der Waals surface area contributed by atoms with E-state index in [4.69, 9.17) is 0 Å². The van der Waals surface area contributed by atoms with E-state index in [0.717, 1.165) is 35.5 Å². The molecule has 1 aromatic heterocycles. The van der Waals surface area contributed by atoms with Crippen molar-refractivity contribution < 1.29 is 14.7 Å². The summed E-state index contributed by atoms with van der Waals surface area (Å²) in [6.45, 7) is 13.2. The molecule has 0 bridgehead atoms. The van der Waals surface area contributed by atoms with Crippen LogP contribution >= 0.6 is 11.3 Å². The Hall–Kier alpha value is -2.30. The number of aliphatic hydroxyl groups is 1. The smallest absolute Gasteiger partial charge is 0.221 e. The van der Waals surface area contributed by atoms with Gasteiger partial charge in [0, 0.05) is 23.1 Å². The maximum absolute atomic E-state index is 13.4. The predicted molar refractivity (Wildman–Crippen MR) is 142 cm³/mol. The number of Topliss-reactive ketones (excluding diaryl/α,β-unsaturated/α-hetero) is 1. The molecular weight excluding hydrogens is 458 g/mol. The van der Waals surface area contributed by atoms with Crippen molar-refractivity contribution in [1.82, 2.24) is 10.3 Å². The predicted octanol–water partition coefficient (Wildman–Crippen LogP) is 5.62. The third-order valence-electron chi connectivity index (χ3n) is 7.39. The number of nitrogens with zero attached hydrogens (tertiary/aromatic N) is 2. The Labute approximate surface area is 214 Å². The zero-order valence-corrected chi connectivity index (χ0v) is 23.0. The molecule has 1 aliphatic heterocycles. The quantitative estimate of drug-likeness (QED) is 0.514. The van der Waals surface area contributed by atoms with Crippen molar-refractivity contribution >= 4 is 29.1 Å². The van der Waals surface area contributed by atoms with Gasteiger partial charge in [-0.1, -0.05) is 39.3 Å². The number of allylic oxidation sites excluding steroid dienone is 1. The van der Waals surface area contributed by atoms with Gasteiger partial charge in [0.2, 0.25) is 5.91 Å². The summed E-state index contributed by atoms with van der Waals surface area (Å²) in [6, 6.07) is 1.97. The number of nitriles is 1. The summed E-state index contributed by atoms with van der Waals surface area (Å²) >= 11 is 1.58. The average molecular weight is 500 g/mol. The second-order valence-corrected chi connectivity index (χ2v) is 11.8. The molecule has 0 saturated heterocycles. The van der Waals surface area contributed by atoms with Crippen LogP contribution in [0.3, 0.4) is 0 Å². The van der Waals surface area contributed by atoms with E-state index in [1.165, 1.54) is 5.57 Å². The van der Waals surface area contributed by atoms with E-state index in [9.17, 15) is 20.0 Å². The van der Waals surface area contributed by atoms with Crippen molar-refractivity contribution in [2.45, 2.75) is 92.7 Å². The molecular formula is C28H41N3O3S. The summed E-state index contributed by atoms with van der Waals surface area (Å²) in [6.07, 6.45) is 6.57. The number of aromatic nitrogens is 1. The molecule has 5 atom stereocenters. The molecule has 1 amide bonds. The van der Waals surface area contributed by atoms with Crippen LogP contribution in [0.5, 0.6) is 0 Å². The molecule has 1 aromatic rings. The highest BCUT2D eigenvalue weighted by Gasteiger charge is 2.42. The Balaban J connectivity index is 2.38. The van der Waals surface area contributed by atoms with Gasteiger partial charge in [-0.2, -0.15) is 5.26 Å². The third-order valence-corrected chi connectivity index (χ3v) is 8.18. The highest BCUT2D eigenvalue weighted by molar-refractivity contribution is 7.09. The van der Waals surface area contributed by atoms with E-state index in [0.29, 0.717) is 6.42 Å². The minimum absolute atomic E-state index is 0.0335. The molecule has 7 heteroatoms. The topological polar surface area (TPSA) is 103 Å². The number of ketones is 1. The Morgan fingerprint density at radius 2 is 2.00 bits per heavy atom. The van der Waals surface area contributed by atoms with Crippen LogP contribution in [-0.2, 0) is 9.59 Å². The van der Waals surface area contributed by atoms with Gasteiger partial charge < -0.3 is 10.4 Å². The van der Waals surface area contributed by atoms with Gasteiger partial charge in [0.25, 0.3) is 0 Å². The van der Waals surface area contributed by atoms with Crippen molar-refractivity contribution in [3.05, 3.63) is 33.3 Å². The zero-order valence-electron chi connectivity index (χ0n) is 22.2. The van der Waals surface area contributed by atoms with Crippen LogP contribution in [0.2, 0.25) is 0 Å². The van der Waals surface area contributed by atoms with Crippen LogP contribution < -0.4 is 5.32 Å². The van der Waals surface area contributed by atoms with Crippen LogP contribution in [-0.4, -0.2) is 33.9 Å². The van der Waals surface area contributed by atoms with Gasteiger partial charge in [-0.25, -0.2) is 4.98 Å². The number of hydrogen-bond acceptors (Lipinski definition) is 6. The van der Waals surface area contributed by atoms with Crippen LogP contribution in [0.4, 0.5) is 0 Å². The van der Waals surface area contributed by atoms with Crippen molar-refractivity contribution in [3.63, 3.8) is 0 Å². The lowest BCUT2D eigenvalue weighted by Gasteiger charge is -2.34. The molecule has 0 spiro atoms. The monoisotopic (exact) mass is 499 g/mol. The number of hydrogen-bond donors (Lipinski definition) is 2. The Morgan fingerprint density at radius 1 is 1.31 bits per heavy atom. The van der Waals surface area contributed by atoms with Gasteiger partial charge in [0.05, 0.1) is 34.8 Å². The van der Waals surface area contributed by atoms with Crippen LogP contribution in [0.1, 0.15) is 84.3 Å². The van der Waals surface area contributed by atoms with Crippen LogP contribution in [0.15, 0.2) is 22.6 Å². The molecule has 0 fully saturated rings. The number of nitrogens with one attached hydrogen (secondary N) is 1. The summed E-state index contributed by atoms with van der Waals surface area (Å²) in [5.41, 5.74) is 2.03. The standard InChI is InChI=1S/C28H41N3O3S/c1-17-9-8-10-18(2)26(33)20(4)27(34)28(6,7)22(15-29)14-25(32)31-24(12-11-17)19(3)13-23-16-35-21(5)30-23/h11,13,16,18,20,22,24,26,33H,8-10,12,14H2,1-7H3,(H,31,32)/b17-11-,19-13?. The van der Waals surface area contributed by atoms with E-state index < -0.39 is 23.4 Å². The van der Waals surface area contributed by atoms with Gasteiger partial charge in [-0.3, -0.25) is 9.59 Å². The summed E-state index contributed by atoms with van der Waals surface area (Å²) < 4.78 is 0. The van der Waals surface area contributed by atoms with Crippen molar-refractivity contribution in [1.29, 1.82) is 5.26 Å². The summed E-state index contributed by atoms with van der Waals surface area (Å²) in [5.74, 6) is -1.87. The molecule has 2 heterocycles. The molecule has 2 N–H and O–H groups in total. The van der Waals surface area contributed by atoms with E-state index in [2.05, 4.69) is 29.4 Å². The van der Waals surface area contributed by atoms with E-state index in [1.807, 2.05) is 32.2 Å². The highest BCUT2D eigenvalue weighted by atomic mass is 32.1. The van der Waals surface area contributed by atoms with Gasteiger partial charge in [-0.15, -0.1) is 11.3 Å². The Kier molecular flexibility index (Phi) is 10.4. The number of aryl methyl sites for hydroxylation is 1. The SMILES string of the molecule is CC(=Cc1csc(C)n1)C1C/C=C(/C)CCCC(C)C(O)C(C)C(=O)C(C)(C)C(C#N)CC(=O)N1. The first kappa shape index (κ1) is 28.9. The Morgan fingerprint density at radius 3 is 2.60 bits per heavy atom. The minimum atomic E-state index is -1.06. The number of aliphatic hydroxyl groups excluding tert-OH is 1. The fourth-order valence-corrected chi connectivity index (χ4v) is 5.31. The van der Waals surface area contributed by atoms with Gasteiger partial charge >= 0.3 is 0 Å². The van der Waals surface area contributed by atoms with Gasteiger partial charge in [0.15, 0.2) is 0 Å². The van der Waals surface area contributed by atoms with E-state index in [-0.39, 0.29) is 30.1 Å². The zero-order chi connectivity index (χ0) is 26.3. The first-order valence-corrected chi connectivity index (χ1v) is 13.4. The molecule has 0 radical (unpaired) electrons. The van der Waals surface area contributed by atoms with Gasteiger partial charge in [0.1, 0.15) is 5.78 Å². The second-order valence-electron chi connectivity index (χ2n) is 10.7. The van der Waals surface area contributed by atoms with Crippen LogP contribution in [0.25, 0.3) is 6.08 Å². The summed E-state index contributed by atoms with van der Waals surface area (Å²) in [5, 5.41) is 26.8. The summed E-state index contributed by atoms with van der Waals surface area (Å²) in [4.78, 5) is 31.0. The number of carbonyl (C=O) groups is 2. The van der Waals surface area contributed by atoms with Crippen molar-refractivity contribution in [2.75, 3.05) is 0 Å². The van der Waals surface area contributed by atoms with Crippen LogP contribution in [0, 0.1) is 41.4 Å². The first-order valence-electron chi connectivity index (χ1n) is 12.5. The third kappa shape index (κ3) is 7.85. The maximum Gasteiger partial charge on any atom is 0.221 e. The first-order chi connectivity index (χ1) is 16.4. The molecule has 0 saturated carbocycles. The lowest BCUT2D eigenvalue weighted by atomic mass is 9.69.